The number of carbonyl (C=O) groups excluding carboxylic acids is 1. The van der Waals surface area contributed by atoms with Crippen LogP contribution in [0.15, 0.2) is 6.07 Å². The first-order valence-corrected chi connectivity index (χ1v) is 12.0. The largest absolute Gasteiger partial charge is 0.326 e. The molecule has 4 atom stereocenters. The molecule has 4 unspecified atom stereocenters. The summed E-state index contributed by atoms with van der Waals surface area (Å²) in [6, 6.07) is 4.84. The summed E-state index contributed by atoms with van der Waals surface area (Å²) in [5, 5.41) is 12.7. The fourth-order valence-corrected chi connectivity index (χ4v) is 5.87. The van der Waals surface area contributed by atoms with Crippen LogP contribution < -0.4 is 5.32 Å². The molecule has 0 radical (unpaired) electrons. The van der Waals surface area contributed by atoms with E-state index in [4.69, 9.17) is 0 Å². The molecule has 0 bridgehead atoms. The van der Waals surface area contributed by atoms with Crippen LogP contribution in [0.1, 0.15) is 74.3 Å². The normalized spacial score (nSPS) is 26.6. The van der Waals surface area contributed by atoms with Crippen LogP contribution >= 0.6 is 0 Å². The Kier molecular flexibility index (Phi) is 6.48. The molecule has 1 aromatic carbocycles. The maximum atomic E-state index is 12.6. The Morgan fingerprint density at radius 2 is 1.80 bits per heavy atom. The third-order valence-electron chi connectivity index (χ3n) is 7.60. The summed E-state index contributed by atoms with van der Waals surface area (Å²) in [4.78, 5) is 14.4. The molecule has 0 aromatic heterocycles. The van der Waals surface area contributed by atoms with Gasteiger partial charge in [0.2, 0.25) is 5.91 Å². The Bertz CT molecular complexity index is 801. The fraction of sp³-hybridized carbons (Fsp3) is 0.692. The minimum atomic E-state index is -0.230. The van der Waals surface area contributed by atoms with E-state index in [1.807, 2.05) is 0 Å². The molecule has 3 aliphatic rings. The molecule has 4 heteroatoms. The topological polar surface area (TPSA) is 56.1 Å². The lowest BCUT2D eigenvalue weighted by atomic mass is 9.74. The van der Waals surface area contributed by atoms with Crippen LogP contribution in [0.5, 0.6) is 0 Å². The van der Waals surface area contributed by atoms with Gasteiger partial charge in [0.1, 0.15) is 6.04 Å². The van der Waals surface area contributed by atoms with Gasteiger partial charge in [0, 0.05) is 12.6 Å². The Balaban J connectivity index is 1.48. The van der Waals surface area contributed by atoms with Crippen molar-refractivity contribution in [3.8, 4) is 6.07 Å². The van der Waals surface area contributed by atoms with Crippen LogP contribution in [0.4, 0.5) is 0 Å². The highest BCUT2D eigenvalue weighted by atomic mass is 16.2. The molecule has 1 amide bonds. The van der Waals surface area contributed by atoms with E-state index in [0.717, 1.165) is 37.6 Å². The van der Waals surface area contributed by atoms with Crippen molar-refractivity contribution in [1.82, 2.24) is 10.2 Å². The second-order valence-corrected chi connectivity index (χ2v) is 10.2. The molecule has 0 saturated carbocycles. The van der Waals surface area contributed by atoms with Gasteiger partial charge >= 0.3 is 0 Å². The second-order valence-electron chi connectivity index (χ2n) is 10.2. The van der Waals surface area contributed by atoms with Gasteiger partial charge in [0.05, 0.1) is 12.6 Å². The highest BCUT2D eigenvalue weighted by molar-refractivity contribution is 5.79. The first-order valence-electron chi connectivity index (χ1n) is 12.0. The number of nitrogens with one attached hydrogen (secondary N) is 1. The molecule has 1 N–H and O–H groups in total. The third kappa shape index (κ3) is 4.42. The zero-order valence-corrected chi connectivity index (χ0v) is 19.0. The van der Waals surface area contributed by atoms with Gasteiger partial charge in [-0.25, -0.2) is 0 Å². The summed E-state index contributed by atoms with van der Waals surface area (Å²) in [5.41, 5.74) is 8.00. The van der Waals surface area contributed by atoms with Crippen molar-refractivity contribution in [2.45, 2.75) is 90.6 Å². The van der Waals surface area contributed by atoms with Gasteiger partial charge in [-0.05, 0) is 104 Å². The number of amides is 1. The van der Waals surface area contributed by atoms with Crippen molar-refractivity contribution in [3.05, 3.63) is 33.9 Å². The molecule has 1 saturated heterocycles. The van der Waals surface area contributed by atoms with E-state index < -0.39 is 0 Å². The van der Waals surface area contributed by atoms with Crippen molar-refractivity contribution >= 4 is 5.91 Å². The van der Waals surface area contributed by atoms with Crippen molar-refractivity contribution < 1.29 is 4.79 Å². The highest BCUT2D eigenvalue weighted by Gasteiger charge is 2.29. The van der Waals surface area contributed by atoms with Crippen LogP contribution in [-0.2, 0) is 36.9 Å². The van der Waals surface area contributed by atoms with Gasteiger partial charge in [-0.15, -0.1) is 0 Å². The lowest BCUT2D eigenvalue weighted by Crippen LogP contribution is -2.43. The van der Waals surface area contributed by atoms with Gasteiger partial charge in [-0.3, -0.25) is 4.79 Å². The molecule has 4 nitrogen and oxygen atoms in total. The molecule has 162 valence electrons. The number of carbonyl (C=O) groups is 1. The summed E-state index contributed by atoms with van der Waals surface area (Å²) in [6.45, 7) is 8.04. The van der Waals surface area contributed by atoms with Gasteiger partial charge < -0.3 is 10.2 Å². The molecule has 1 aromatic rings. The molecule has 1 aliphatic heterocycles. The van der Waals surface area contributed by atoms with Gasteiger partial charge in [0.25, 0.3) is 0 Å². The van der Waals surface area contributed by atoms with E-state index in [2.05, 4.69) is 38.2 Å². The number of nitrogens with zero attached hydrogens (tertiary/aromatic N) is 2. The van der Waals surface area contributed by atoms with Crippen LogP contribution in [0.3, 0.4) is 0 Å². The number of fused-ring (bicyclic) bond motifs is 2. The third-order valence-corrected chi connectivity index (χ3v) is 7.60. The number of benzene rings is 1. The van der Waals surface area contributed by atoms with E-state index in [1.54, 1.807) is 32.7 Å². The van der Waals surface area contributed by atoms with Gasteiger partial charge in [-0.1, -0.05) is 19.9 Å². The fourth-order valence-electron chi connectivity index (χ4n) is 5.87. The molecule has 1 fully saturated rings. The molecule has 0 spiro atoms. The number of hydrogen-bond donors (Lipinski definition) is 1. The smallest absolute Gasteiger partial charge is 0.237 e. The van der Waals surface area contributed by atoms with Crippen molar-refractivity contribution in [2.24, 2.45) is 11.8 Å². The molecule has 1 heterocycles. The van der Waals surface area contributed by atoms with Crippen molar-refractivity contribution in [2.75, 3.05) is 13.1 Å². The first kappa shape index (κ1) is 21.4. The Morgan fingerprint density at radius 1 is 1.17 bits per heavy atom. The summed E-state index contributed by atoms with van der Waals surface area (Å²) in [6.07, 6.45) is 10.2. The highest BCUT2D eigenvalue weighted by Crippen LogP contribution is 2.37. The maximum absolute atomic E-state index is 12.6. The van der Waals surface area contributed by atoms with E-state index in [-0.39, 0.29) is 18.0 Å². The predicted octanol–water partition coefficient (Wildman–Crippen LogP) is 3.97. The summed E-state index contributed by atoms with van der Waals surface area (Å²) in [5.74, 6) is 1.64. The first-order chi connectivity index (χ1) is 14.5. The van der Waals surface area contributed by atoms with Crippen molar-refractivity contribution in [1.29, 1.82) is 5.26 Å². The zero-order chi connectivity index (χ0) is 21.3. The monoisotopic (exact) mass is 407 g/mol. The number of hydrogen-bond acceptors (Lipinski definition) is 3. The molecule has 4 rings (SSSR count). The van der Waals surface area contributed by atoms with E-state index >= 15 is 0 Å². The predicted molar refractivity (Wildman–Crippen MR) is 120 cm³/mol. The minimum Gasteiger partial charge on any atom is -0.326 e. The Labute approximate surface area is 182 Å². The van der Waals surface area contributed by atoms with Crippen LogP contribution in [0, 0.1) is 23.2 Å². The minimum absolute atomic E-state index is 0.0747. The Morgan fingerprint density at radius 3 is 2.40 bits per heavy atom. The van der Waals surface area contributed by atoms with Crippen molar-refractivity contribution in [3.63, 3.8) is 0 Å². The lowest BCUT2D eigenvalue weighted by molar-refractivity contribution is -0.130. The average Bonchev–Trinajstić information content (AvgIpc) is 3.20. The average molecular weight is 408 g/mol. The summed E-state index contributed by atoms with van der Waals surface area (Å²) < 4.78 is 0. The van der Waals surface area contributed by atoms with Crippen LogP contribution in [0.25, 0.3) is 0 Å². The van der Waals surface area contributed by atoms with E-state index in [1.165, 1.54) is 38.5 Å². The van der Waals surface area contributed by atoms with Crippen LogP contribution in [-0.4, -0.2) is 36.0 Å². The molecular formula is C26H37N3O. The molecule has 2 aliphatic carbocycles. The zero-order valence-electron chi connectivity index (χ0n) is 19.0. The van der Waals surface area contributed by atoms with E-state index in [9.17, 15) is 10.1 Å². The second kappa shape index (κ2) is 9.10. The van der Waals surface area contributed by atoms with Crippen LogP contribution in [0.2, 0.25) is 0 Å². The number of nitriles is 1. The van der Waals surface area contributed by atoms with E-state index in [0.29, 0.717) is 6.54 Å². The lowest BCUT2D eigenvalue weighted by Gasteiger charge is -2.32. The summed E-state index contributed by atoms with van der Waals surface area (Å²) >= 11 is 0. The molecule has 30 heavy (non-hydrogen) atoms. The van der Waals surface area contributed by atoms with Gasteiger partial charge in [0.15, 0.2) is 0 Å². The standard InChI is InChI=1S/C26H37N3O/c1-17-6-8-23-20(11-17)14-21-12-18(2)7-9-24(21)25(23)13-19(3)28-16-26(30)29-10-4-5-22(29)15-27/h14,17-19,22,28H,4-13,16H2,1-3H3. The molecular weight excluding hydrogens is 370 g/mol. The maximum Gasteiger partial charge on any atom is 0.237 e. The number of likely N-dealkylation sites (tertiary alicyclic amines) is 1. The number of rotatable bonds is 5. The SMILES string of the molecule is CC1CCc2c(cc3c(c2CC(C)NCC(=O)N2CCCC2C#N)CCC(C)C3)C1. The van der Waals surface area contributed by atoms with Gasteiger partial charge in [-0.2, -0.15) is 5.26 Å². The quantitative estimate of drug-likeness (QED) is 0.803. The Hall–Kier alpha value is -1.86. The summed E-state index contributed by atoms with van der Waals surface area (Å²) in [7, 11) is 0.